The van der Waals surface area contributed by atoms with E-state index in [0.717, 1.165) is 29.0 Å². The Bertz CT molecular complexity index is 671. The summed E-state index contributed by atoms with van der Waals surface area (Å²) in [6, 6.07) is 2.96. The van der Waals surface area contributed by atoms with Crippen LogP contribution in [-0.2, 0) is 19.4 Å². The molecule has 0 atom stereocenters. The summed E-state index contributed by atoms with van der Waals surface area (Å²) in [6.45, 7) is 0. The third-order valence-corrected chi connectivity index (χ3v) is 3.36. The van der Waals surface area contributed by atoms with Crippen molar-refractivity contribution >= 4 is 15.9 Å². The number of imidazole rings is 1. The topological polar surface area (TPSA) is 17.8 Å². The average Bonchev–Trinajstić information content (AvgIpc) is 2.69. The van der Waals surface area contributed by atoms with Crippen molar-refractivity contribution in [2.45, 2.75) is 12.4 Å². The highest BCUT2D eigenvalue weighted by Gasteiger charge is 2.35. The van der Waals surface area contributed by atoms with E-state index in [4.69, 9.17) is 0 Å². The Labute approximate surface area is 123 Å². The summed E-state index contributed by atoms with van der Waals surface area (Å²) in [5, 5.41) is 0. The van der Waals surface area contributed by atoms with Gasteiger partial charge in [0.15, 0.2) is 5.69 Å². The first-order valence-electron chi connectivity index (χ1n) is 5.48. The monoisotopic (exact) mass is 372 g/mol. The van der Waals surface area contributed by atoms with Crippen LogP contribution >= 0.6 is 15.9 Å². The van der Waals surface area contributed by atoms with Crippen LogP contribution in [0.2, 0.25) is 0 Å². The van der Waals surface area contributed by atoms with E-state index in [1.165, 1.54) is 7.05 Å². The summed E-state index contributed by atoms with van der Waals surface area (Å²) in [4.78, 5) is 3.42. The number of aryl methyl sites for hydroxylation is 1. The number of benzene rings is 1. The summed E-state index contributed by atoms with van der Waals surface area (Å²) >= 11 is 2.77. The summed E-state index contributed by atoms with van der Waals surface area (Å²) in [5.74, 6) is -0.0725. The standard InChI is InChI=1S/C12H7BrF6N2/c1-21-5-9(12(17,18)19)20-10(21)6-2-3-7(8(13)4-6)11(14,15)16/h2-5H,1H3. The number of aromatic nitrogens is 2. The Kier molecular flexibility index (Phi) is 3.81. The van der Waals surface area contributed by atoms with Crippen LogP contribution in [0.25, 0.3) is 11.4 Å². The fraction of sp³-hybridized carbons (Fsp3) is 0.250. The van der Waals surface area contributed by atoms with Gasteiger partial charge in [-0.05, 0) is 12.1 Å². The molecule has 0 unspecified atom stereocenters. The summed E-state index contributed by atoms with van der Waals surface area (Å²) in [6.07, 6.45) is -8.38. The third-order valence-electron chi connectivity index (χ3n) is 2.70. The molecule has 2 aromatic rings. The van der Waals surface area contributed by atoms with E-state index < -0.39 is 23.6 Å². The van der Waals surface area contributed by atoms with Gasteiger partial charge in [-0.1, -0.05) is 22.0 Å². The molecule has 2 rings (SSSR count). The van der Waals surface area contributed by atoms with Crippen molar-refractivity contribution in [2.24, 2.45) is 7.05 Å². The minimum absolute atomic E-state index is 0.0725. The van der Waals surface area contributed by atoms with Crippen molar-refractivity contribution in [1.29, 1.82) is 0 Å². The molecule has 0 aliphatic heterocycles. The minimum atomic E-state index is -4.61. The molecular weight excluding hydrogens is 366 g/mol. The zero-order valence-corrected chi connectivity index (χ0v) is 11.9. The van der Waals surface area contributed by atoms with Gasteiger partial charge in [0, 0.05) is 23.3 Å². The van der Waals surface area contributed by atoms with Gasteiger partial charge in [0.25, 0.3) is 0 Å². The van der Waals surface area contributed by atoms with Crippen LogP contribution in [0.5, 0.6) is 0 Å². The molecule has 114 valence electrons. The molecule has 1 aromatic heterocycles. The normalized spacial score (nSPS) is 12.8. The number of rotatable bonds is 1. The largest absolute Gasteiger partial charge is 0.434 e. The minimum Gasteiger partial charge on any atom is -0.333 e. The SMILES string of the molecule is Cn1cc(C(F)(F)F)nc1-c1ccc(C(F)(F)F)c(Br)c1. The van der Waals surface area contributed by atoms with Crippen molar-refractivity contribution in [2.75, 3.05) is 0 Å². The molecule has 0 fully saturated rings. The number of hydrogen-bond donors (Lipinski definition) is 0. The maximum atomic E-state index is 12.6. The average molecular weight is 373 g/mol. The van der Waals surface area contributed by atoms with Gasteiger partial charge in [-0.25, -0.2) is 4.98 Å². The number of hydrogen-bond acceptors (Lipinski definition) is 1. The van der Waals surface area contributed by atoms with E-state index in [-0.39, 0.29) is 15.9 Å². The van der Waals surface area contributed by atoms with Gasteiger partial charge in [0.05, 0.1) is 5.56 Å². The fourth-order valence-corrected chi connectivity index (χ4v) is 2.36. The molecule has 1 aromatic carbocycles. The van der Waals surface area contributed by atoms with E-state index in [9.17, 15) is 26.3 Å². The summed E-state index contributed by atoms with van der Waals surface area (Å²) in [5.41, 5.74) is -1.86. The molecule has 0 aliphatic carbocycles. The van der Waals surface area contributed by atoms with Gasteiger partial charge in [-0.3, -0.25) is 0 Å². The van der Waals surface area contributed by atoms with E-state index >= 15 is 0 Å². The molecule has 0 radical (unpaired) electrons. The smallest absolute Gasteiger partial charge is 0.333 e. The van der Waals surface area contributed by atoms with E-state index in [1.807, 2.05) is 0 Å². The van der Waals surface area contributed by atoms with Crippen LogP contribution in [0.4, 0.5) is 26.3 Å². The second-order valence-electron chi connectivity index (χ2n) is 4.25. The zero-order valence-electron chi connectivity index (χ0n) is 10.3. The van der Waals surface area contributed by atoms with Crippen LogP contribution in [0.1, 0.15) is 11.3 Å². The highest BCUT2D eigenvalue weighted by molar-refractivity contribution is 9.10. The molecule has 21 heavy (non-hydrogen) atoms. The van der Waals surface area contributed by atoms with Crippen LogP contribution < -0.4 is 0 Å². The lowest BCUT2D eigenvalue weighted by Crippen LogP contribution is -2.06. The first-order chi connectivity index (χ1) is 9.50. The van der Waals surface area contributed by atoms with Crippen molar-refractivity contribution in [1.82, 2.24) is 9.55 Å². The van der Waals surface area contributed by atoms with Gasteiger partial charge in [-0.2, -0.15) is 26.3 Å². The Morgan fingerprint density at radius 2 is 1.67 bits per heavy atom. The summed E-state index contributed by atoms with van der Waals surface area (Å²) < 4.78 is 76.4. The van der Waals surface area contributed by atoms with Crippen LogP contribution in [-0.4, -0.2) is 9.55 Å². The Morgan fingerprint density at radius 3 is 2.10 bits per heavy atom. The highest BCUT2D eigenvalue weighted by Crippen LogP contribution is 2.37. The second-order valence-corrected chi connectivity index (χ2v) is 5.11. The molecule has 0 N–H and O–H groups in total. The van der Waals surface area contributed by atoms with Crippen molar-refractivity contribution in [3.05, 3.63) is 40.1 Å². The summed E-state index contributed by atoms with van der Waals surface area (Å²) in [7, 11) is 1.34. The zero-order chi connectivity index (χ0) is 16.0. The van der Waals surface area contributed by atoms with Gasteiger partial charge in [0.1, 0.15) is 5.82 Å². The molecule has 0 saturated heterocycles. The molecule has 0 bridgehead atoms. The van der Waals surface area contributed by atoms with Crippen molar-refractivity contribution in [3.63, 3.8) is 0 Å². The maximum absolute atomic E-state index is 12.6. The fourth-order valence-electron chi connectivity index (χ4n) is 1.76. The van der Waals surface area contributed by atoms with Gasteiger partial charge < -0.3 is 4.57 Å². The van der Waals surface area contributed by atoms with Crippen molar-refractivity contribution in [3.8, 4) is 11.4 Å². The second kappa shape index (κ2) is 5.04. The Balaban J connectivity index is 2.49. The van der Waals surface area contributed by atoms with Gasteiger partial charge in [0.2, 0.25) is 0 Å². The van der Waals surface area contributed by atoms with Crippen molar-refractivity contribution < 1.29 is 26.3 Å². The molecule has 1 heterocycles. The van der Waals surface area contributed by atoms with E-state index in [0.29, 0.717) is 0 Å². The quantitative estimate of drug-likeness (QED) is 0.652. The van der Waals surface area contributed by atoms with Crippen LogP contribution in [0.15, 0.2) is 28.9 Å². The predicted octanol–water partition coefficient (Wildman–Crippen LogP) is 4.89. The van der Waals surface area contributed by atoms with Gasteiger partial charge >= 0.3 is 12.4 Å². The number of halogens is 7. The molecule has 9 heteroatoms. The molecule has 2 nitrogen and oxygen atoms in total. The Morgan fingerprint density at radius 1 is 1.05 bits per heavy atom. The molecule has 0 aliphatic rings. The molecular formula is C12H7BrF6N2. The van der Waals surface area contributed by atoms with E-state index in [2.05, 4.69) is 20.9 Å². The third kappa shape index (κ3) is 3.22. The lowest BCUT2D eigenvalue weighted by molar-refractivity contribution is -0.141. The Hall–Kier alpha value is -1.51. The number of alkyl halides is 6. The first-order valence-corrected chi connectivity index (χ1v) is 6.27. The van der Waals surface area contributed by atoms with Gasteiger partial charge in [-0.15, -0.1) is 0 Å². The molecule has 0 spiro atoms. The lowest BCUT2D eigenvalue weighted by atomic mass is 10.1. The maximum Gasteiger partial charge on any atom is 0.434 e. The highest BCUT2D eigenvalue weighted by atomic mass is 79.9. The molecule has 0 saturated carbocycles. The lowest BCUT2D eigenvalue weighted by Gasteiger charge is -2.10. The first kappa shape index (κ1) is 15.9. The van der Waals surface area contributed by atoms with Crippen LogP contribution in [0.3, 0.4) is 0 Å². The number of nitrogens with zero attached hydrogens (tertiary/aromatic N) is 2. The molecule has 0 amide bonds. The predicted molar refractivity (Wildman–Crippen MR) is 66.3 cm³/mol. The van der Waals surface area contributed by atoms with E-state index in [1.54, 1.807) is 0 Å². The van der Waals surface area contributed by atoms with Crippen LogP contribution in [0, 0.1) is 0 Å².